The van der Waals surface area contributed by atoms with E-state index in [9.17, 15) is 9.59 Å². The molecule has 2 aliphatic rings. The Kier molecular flexibility index (Phi) is 6.11. The lowest BCUT2D eigenvalue weighted by Gasteiger charge is -2.45. The quantitative estimate of drug-likeness (QED) is 0.476. The van der Waals surface area contributed by atoms with E-state index in [2.05, 4.69) is 44.2 Å². The minimum absolute atomic E-state index is 0.00172. The molecule has 5 heteroatoms. The third-order valence-electron chi connectivity index (χ3n) is 7.47. The zero-order chi connectivity index (χ0) is 24.1. The van der Waals surface area contributed by atoms with Gasteiger partial charge in [-0.1, -0.05) is 54.4 Å². The number of hydrogen-bond donors (Lipinski definition) is 0. The summed E-state index contributed by atoms with van der Waals surface area (Å²) in [5, 5.41) is 0.693. The summed E-state index contributed by atoms with van der Waals surface area (Å²) in [6.07, 6.45) is 1.09. The van der Waals surface area contributed by atoms with E-state index in [-0.39, 0.29) is 23.7 Å². The summed E-state index contributed by atoms with van der Waals surface area (Å²) in [6.45, 7) is 12.2. The standard InChI is InChI=1S/C28H34ClNO3/c1-17-7-12-21(18(2)15-17)22-13-14-28(6)23(24(22)19-8-10-20(29)11-9-19)16-30(25(28)31)26(32)33-27(3,4)5/h7-12,15,22-24H,13-14,16H2,1-6H3. The van der Waals surface area contributed by atoms with E-state index in [0.29, 0.717) is 11.6 Å². The zero-order valence-corrected chi connectivity index (χ0v) is 21.2. The normalized spacial score (nSPS) is 27.4. The largest absolute Gasteiger partial charge is 0.443 e. The number of ether oxygens (including phenoxy) is 1. The van der Waals surface area contributed by atoms with Crippen molar-refractivity contribution in [3.05, 3.63) is 69.7 Å². The Morgan fingerprint density at radius 1 is 1.12 bits per heavy atom. The molecule has 2 amide bonds. The number of nitrogens with zero attached hydrogens (tertiary/aromatic N) is 1. The summed E-state index contributed by atoms with van der Waals surface area (Å²) in [7, 11) is 0. The van der Waals surface area contributed by atoms with E-state index >= 15 is 0 Å². The van der Waals surface area contributed by atoms with Crippen LogP contribution in [0.15, 0.2) is 42.5 Å². The molecule has 1 aliphatic carbocycles. The Bertz CT molecular complexity index is 1070. The SMILES string of the molecule is Cc1ccc(C2CCC3(C)C(=O)N(C(=O)OC(C)(C)C)CC3C2c2ccc(Cl)cc2)c(C)c1. The van der Waals surface area contributed by atoms with Crippen LogP contribution in [-0.4, -0.2) is 29.0 Å². The summed E-state index contributed by atoms with van der Waals surface area (Å²) in [6, 6.07) is 14.6. The Morgan fingerprint density at radius 2 is 1.79 bits per heavy atom. The molecule has 4 rings (SSSR count). The third-order valence-corrected chi connectivity index (χ3v) is 7.72. The molecule has 0 bridgehead atoms. The highest BCUT2D eigenvalue weighted by molar-refractivity contribution is 6.30. The number of halogens is 1. The molecule has 4 atom stereocenters. The topological polar surface area (TPSA) is 46.6 Å². The molecule has 1 aliphatic heterocycles. The highest BCUT2D eigenvalue weighted by Crippen LogP contribution is 2.58. The second-order valence-corrected chi connectivity index (χ2v) is 11.4. The molecule has 4 unspecified atom stereocenters. The molecule has 0 spiro atoms. The minimum Gasteiger partial charge on any atom is -0.443 e. The van der Waals surface area contributed by atoms with Crippen LogP contribution in [0, 0.1) is 25.2 Å². The molecule has 2 aromatic rings. The van der Waals surface area contributed by atoms with Crippen LogP contribution in [0.3, 0.4) is 0 Å². The van der Waals surface area contributed by atoms with Gasteiger partial charge in [0.2, 0.25) is 5.91 Å². The summed E-state index contributed by atoms with van der Waals surface area (Å²) in [4.78, 5) is 27.9. The van der Waals surface area contributed by atoms with Gasteiger partial charge in [0.25, 0.3) is 0 Å². The maximum Gasteiger partial charge on any atom is 0.417 e. The van der Waals surface area contributed by atoms with Gasteiger partial charge in [0.15, 0.2) is 0 Å². The predicted molar refractivity (Wildman–Crippen MR) is 132 cm³/mol. The Hall–Kier alpha value is -2.33. The molecule has 0 aromatic heterocycles. The summed E-state index contributed by atoms with van der Waals surface area (Å²) in [5.41, 5.74) is 3.76. The molecule has 0 N–H and O–H groups in total. The van der Waals surface area contributed by atoms with Gasteiger partial charge < -0.3 is 4.74 Å². The maximum atomic E-state index is 13.6. The van der Waals surface area contributed by atoms with Gasteiger partial charge in [-0.25, -0.2) is 9.69 Å². The molecule has 2 aromatic carbocycles. The first-order valence-corrected chi connectivity index (χ1v) is 12.2. The van der Waals surface area contributed by atoms with E-state index in [1.54, 1.807) is 0 Å². The summed E-state index contributed by atoms with van der Waals surface area (Å²) >= 11 is 6.21. The van der Waals surface area contributed by atoms with Gasteiger partial charge in [-0.15, -0.1) is 0 Å². The fourth-order valence-electron chi connectivity index (χ4n) is 5.88. The number of carbonyl (C=O) groups is 2. The van der Waals surface area contributed by atoms with Gasteiger partial charge in [-0.05, 0) is 94.0 Å². The van der Waals surface area contributed by atoms with Crippen LogP contribution in [0.5, 0.6) is 0 Å². The fourth-order valence-corrected chi connectivity index (χ4v) is 6.01. The molecule has 0 radical (unpaired) electrons. The Morgan fingerprint density at radius 3 is 2.39 bits per heavy atom. The monoisotopic (exact) mass is 467 g/mol. The van der Waals surface area contributed by atoms with Crippen molar-refractivity contribution in [1.29, 1.82) is 0 Å². The first-order valence-electron chi connectivity index (χ1n) is 11.8. The summed E-state index contributed by atoms with van der Waals surface area (Å²) in [5.74, 6) is 0.244. The second-order valence-electron chi connectivity index (χ2n) is 11.0. The number of fused-ring (bicyclic) bond motifs is 1. The van der Waals surface area contributed by atoms with Crippen molar-refractivity contribution in [3.8, 4) is 0 Å². The van der Waals surface area contributed by atoms with Crippen LogP contribution in [0.25, 0.3) is 0 Å². The average molecular weight is 468 g/mol. The lowest BCUT2D eigenvalue weighted by atomic mass is 9.57. The molecule has 1 saturated carbocycles. The molecule has 1 saturated heterocycles. The van der Waals surface area contributed by atoms with Crippen LogP contribution in [0.2, 0.25) is 5.02 Å². The first kappa shape index (κ1) is 23.8. The molecule has 1 heterocycles. The second kappa shape index (κ2) is 8.47. The number of rotatable bonds is 2. The predicted octanol–water partition coefficient (Wildman–Crippen LogP) is 7.02. The van der Waals surface area contributed by atoms with E-state index in [1.165, 1.54) is 27.2 Å². The molecule has 33 heavy (non-hydrogen) atoms. The smallest absolute Gasteiger partial charge is 0.417 e. The number of carbonyl (C=O) groups excluding carboxylic acids is 2. The van der Waals surface area contributed by atoms with E-state index in [0.717, 1.165) is 12.8 Å². The number of likely N-dealkylation sites (tertiary alicyclic amines) is 1. The lowest BCUT2D eigenvalue weighted by molar-refractivity contribution is -0.136. The van der Waals surface area contributed by atoms with Gasteiger partial charge in [0.1, 0.15) is 5.60 Å². The minimum atomic E-state index is -0.650. The van der Waals surface area contributed by atoms with Crippen molar-refractivity contribution in [2.24, 2.45) is 11.3 Å². The van der Waals surface area contributed by atoms with E-state index in [4.69, 9.17) is 16.3 Å². The van der Waals surface area contributed by atoms with Crippen molar-refractivity contribution < 1.29 is 14.3 Å². The summed E-state index contributed by atoms with van der Waals surface area (Å²) < 4.78 is 5.59. The first-order chi connectivity index (χ1) is 15.4. The molecule has 2 fully saturated rings. The number of aryl methyl sites for hydroxylation is 2. The zero-order valence-electron chi connectivity index (χ0n) is 20.4. The molecule has 176 valence electrons. The van der Waals surface area contributed by atoms with Crippen LogP contribution < -0.4 is 0 Å². The average Bonchev–Trinajstić information content (AvgIpc) is 2.98. The number of amides is 2. The highest BCUT2D eigenvalue weighted by Gasteiger charge is 2.59. The Balaban J connectivity index is 1.78. The van der Waals surface area contributed by atoms with Crippen LogP contribution in [0.4, 0.5) is 4.79 Å². The van der Waals surface area contributed by atoms with Crippen molar-refractivity contribution in [1.82, 2.24) is 4.90 Å². The van der Waals surface area contributed by atoms with Crippen LogP contribution in [-0.2, 0) is 9.53 Å². The van der Waals surface area contributed by atoms with Crippen molar-refractivity contribution in [3.63, 3.8) is 0 Å². The van der Waals surface area contributed by atoms with Gasteiger partial charge in [0, 0.05) is 11.6 Å². The molecular formula is C28H34ClNO3. The van der Waals surface area contributed by atoms with Crippen LogP contribution in [0.1, 0.15) is 74.6 Å². The molecular weight excluding hydrogens is 434 g/mol. The van der Waals surface area contributed by atoms with Crippen molar-refractivity contribution >= 4 is 23.6 Å². The van der Waals surface area contributed by atoms with E-state index < -0.39 is 17.1 Å². The number of hydrogen-bond acceptors (Lipinski definition) is 3. The molecule has 4 nitrogen and oxygen atoms in total. The third kappa shape index (κ3) is 4.42. The fraction of sp³-hybridized carbons (Fsp3) is 0.500. The lowest BCUT2D eigenvalue weighted by Crippen LogP contribution is -2.42. The highest BCUT2D eigenvalue weighted by atomic mass is 35.5. The number of benzene rings is 2. The van der Waals surface area contributed by atoms with Crippen molar-refractivity contribution in [2.45, 2.75) is 71.8 Å². The van der Waals surface area contributed by atoms with Crippen molar-refractivity contribution in [2.75, 3.05) is 6.54 Å². The number of imide groups is 1. The van der Waals surface area contributed by atoms with Gasteiger partial charge >= 0.3 is 6.09 Å². The maximum absolute atomic E-state index is 13.6. The van der Waals surface area contributed by atoms with Gasteiger partial charge in [-0.3, -0.25) is 4.79 Å². The van der Waals surface area contributed by atoms with Gasteiger partial charge in [0.05, 0.1) is 5.41 Å². The van der Waals surface area contributed by atoms with E-state index in [1.807, 2.05) is 39.8 Å². The van der Waals surface area contributed by atoms with Gasteiger partial charge in [-0.2, -0.15) is 0 Å². The van der Waals surface area contributed by atoms with Crippen LogP contribution >= 0.6 is 11.6 Å². The Labute approximate surface area is 202 Å².